The Labute approximate surface area is 179 Å². The van der Waals surface area contributed by atoms with Crippen LogP contribution in [-0.4, -0.2) is 62.5 Å². The van der Waals surface area contributed by atoms with E-state index in [0.717, 1.165) is 76.8 Å². The molecule has 0 radical (unpaired) electrons. The predicted octanol–water partition coefficient (Wildman–Crippen LogP) is 3.07. The number of ether oxygens (including phenoxy) is 2. The molecule has 0 spiro atoms. The highest BCUT2D eigenvalue weighted by molar-refractivity contribution is 14.0. The van der Waals surface area contributed by atoms with Crippen molar-refractivity contribution in [2.75, 3.05) is 39.4 Å². The summed E-state index contributed by atoms with van der Waals surface area (Å²) in [5, 5.41) is 3.57. The van der Waals surface area contributed by atoms with Crippen molar-refractivity contribution in [3.8, 4) is 0 Å². The summed E-state index contributed by atoms with van der Waals surface area (Å²) in [6.07, 6.45) is 9.17. The molecule has 0 aromatic carbocycles. The summed E-state index contributed by atoms with van der Waals surface area (Å²) in [5.74, 6) is 2.67. The fourth-order valence-corrected chi connectivity index (χ4v) is 4.28. The highest BCUT2D eigenvalue weighted by Gasteiger charge is 2.33. The first kappa shape index (κ1) is 20.9. The molecule has 7 heteroatoms. The number of guanidine groups is 1. The van der Waals surface area contributed by atoms with Gasteiger partial charge in [-0.3, -0.25) is 4.99 Å². The van der Waals surface area contributed by atoms with Gasteiger partial charge in [-0.2, -0.15) is 0 Å². The summed E-state index contributed by atoms with van der Waals surface area (Å²) in [7, 11) is 0. The van der Waals surface area contributed by atoms with Crippen LogP contribution in [0.3, 0.4) is 0 Å². The van der Waals surface area contributed by atoms with Crippen LogP contribution in [0.15, 0.2) is 27.8 Å². The van der Waals surface area contributed by atoms with Crippen LogP contribution in [0.1, 0.15) is 37.9 Å². The van der Waals surface area contributed by atoms with Crippen molar-refractivity contribution in [3.05, 3.63) is 24.2 Å². The van der Waals surface area contributed by atoms with Crippen molar-refractivity contribution in [2.45, 2.75) is 50.7 Å². The van der Waals surface area contributed by atoms with Gasteiger partial charge in [0.25, 0.3) is 0 Å². The van der Waals surface area contributed by atoms with E-state index in [1.807, 2.05) is 12.1 Å². The minimum atomic E-state index is 0. The van der Waals surface area contributed by atoms with Crippen molar-refractivity contribution >= 4 is 29.9 Å². The van der Waals surface area contributed by atoms with Gasteiger partial charge in [0.2, 0.25) is 0 Å². The maximum Gasteiger partial charge on any atom is 0.194 e. The largest absolute Gasteiger partial charge is 0.469 e. The molecule has 3 saturated heterocycles. The van der Waals surface area contributed by atoms with Gasteiger partial charge < -0.3 is 24.1 Å². The first-order valence-electron chi connectivity index (χ1n) is 10.2. The number of hydrogen-bond donors (Lipinski definition) is 1. The second-order valence-corrected chi connectivity index (χ2v) is 7.60. The molecule has 1 aromatic heterocycles. The van der Waals surface area contributed by atoms with Gasteiger partial charge >= 0.3 is 0 Å². The Morgan fingerprint density at radius 3 is 2.89 bits per heavy atom. The summed E-state index contributed by atoms with van der Waals surface area (Å²) in [5.41, 5.74) is 0. The number of aliphatic imine (C=N–C) groups is 1. The number of halogens is 1. The first-order valence-corrected chi connectivity index (χ1v) is 10.2. The molecule has 27 heavy (non-hydrogen) atoms. The summed E-state index contributed by atoms with van der Waals surface area (Å²) in [6, 6.07) is 3.96. The zero-order valence-electron chi connectivity index (χ0n) is 16.0. The number of nitrogens with zero attached hydrogens (tertiary/aromatic N) is 2. The number of nitrogens with one attached hydrogen (secondary N) is 1. The van der Waals surface area contributed by atoms with Crippen molar-refractivity contribution in [1.29, 1.82) is 0 Å². The molecule has 1 N–H and O–H groups in total. The van der Waals surface area contributed by atoms with E-state index in [1.54, 1.807) is 6.26 Å². The van der Waals surface area contributed by atoms with Crippen molar-refractivity contribution in [3.63, 3.8) is 0 Å². The molecule has 3 atom stereocenters. The van der Waals surface area contributed by atoms with E-state index in [2.05, 4.69) is 10.2 Å². The summed E-state index contributed by atoms with van der Waals surface area (Å²) < 4.78 is 17.2. The van der Waals surface area contributed by atoms with Crippen LogP contribution in [0, 0.1) is 5.92 Å². The Morgan fingerprint density at radius 1 is 1.19 bits per heavy atom. The topological polar surface area (TPSA) is 59.2 Å². The molecular weight excluding hydrogens is 457 g/mol. The van der Waals surface area contributed by atoms with Crippen LogP contribution in [0.2, 0.25) is 0 Å². The van der Waals surface area contributed by atoms with Crippen LogP contribution in [0.5, 0.6) is 0 Å². The summed E-state index contributed by atoms with van der Waals surface area (Å²) >= 11 is 0. The Morgan fingerprint density at radius 2 is 2.07 bits per heavy atom. The van der Waals surface area contributed by atoms with Crippen LogP contribution < -0.4 is 5.32 Å². The SMILES string of the molecule is I.c1coc(CCNC(=NCC2CCCO2)N2CCC3OCCCC3C2)c1. The number of rotatable bonds is 5. The first-order chi connectivity index (χ1) is 12.9. The van der Waals surface area contributed by atoms with Gasteiger partial charge in [-0.25, -0.2) is 0 Å². The normalized spacial score (nSPS) is 28.5. The van der Waals surface area contributed by atoms with Crippen molar-refractivity contribution in [1.82, 2.24) is 10.2 Å². The Balaban J connectivity index is 0.00000210. The molecule has 3 unspecified atom stereocenters. The molecule has 3 fully saturated rings. The van der Waals surface area contributed by atoms with Crippen LogP contribution in [0.25, 0.3) is 0 Å². The van der Waals surface area contributed by atoms with Crippen molar-refractivity contribution in [2.24, 2.45) is 10.9 Å². The average Bonchev–Trinajstić information content (AvgIpc) is 3.38. The monoisotopic (exact) mass is 489 g/mol. The molecule has 3 aliphatic heterocycles. The van der Waals surface area contributed by atoms with Crippen LogP contribution >= 0.6 is 24.0 Å². The van der Waals surface area contributed by atoms with Gasteiger partial charge in [0.05, 0.1) is 25.0 Å². The third-order valence-corrected chi connectivity index (χ3v) is 5.72. The van der Waals surface area contributed by atoms with Crippen molar-refractivity contribution < 1.29 is 13.9 Å². The van der Waals surface area contributed by atoms with E-state index in [1.165, 1.54) is 12.8 Å². The zero-order valence-corrected chi connectivity index (χ0v) is 18.3. The number of hydrogen-bond acceptors (Lipinski definition) is 4. The smallest absolute Gasteiger partial charge is 0.194 e. The Bertz CT molecular complexity index is 575. The molecular formula is C20H32IN3O3. The molecule has 1 aromatic rings. The molecule has 0 aliphatic carbocycles. The minimum Gasteiger partial charge on any atom is -0.469 e. The van der Waals surface area contributed by atoms with Gasteiger partial charge in [-0.15, -0.1) is 24.0 Å². The zero-order chi connectivity index (χ0) is 17.6. The summed E-state index contributed by atoms with van der Waals surface area (Å²) in [4.78, 5) is 7.34. The van der Waals surface area contributed by atoms with E-state index in [-0.39, 0.29) is 30.1 Å². The lowest BCUT2D eigenvalue weighted by molar-refractivity contribution is -0.0559. The van der Waals surface area contributed by atoms with Gasteiger partial charge in [0.15, 0.2) is 5.96 Å². The predicted molar refractivity (Wildman–Crippen MR) is 116 cm³/mol. The minimum absolute atomic E-state index is 0. The Hall–Kier alpha value is -0.800. The molecule has 152 valence electrons. The lowest BCUT2D eigenvalue weighted by atomic mass is 9.88. The van der Waals surface area contributed by atoms with E-state index < -0.39 is 0 Å². The highest BCUT2D eigenvalue weighted by atomic mass is 127. The number of fused-ring (bicyclic) bond motifs is 1. The van der Waals surface area contributed by atoms with Gasteiger partial charge in [-0.1, -0.05) is 0 Å². The summed E-state index contributed by atoms with van der Waals surface area (Å²) in [6.45, 7) is 5.46. The maximum absolute atomic E-state index is 5.96. The van der Waals surface area contributed by atoms with E-state index >= 15 is 0 Å². The van der Waals surface area contributed by atoms with Gasteiger partial charge in [0, 0.05) is 45.2 Å². The number of piperidine rings is 1. The van der Waals surface area contributed by atoms with E-state index in [9.17, 15) is 0 Å². The lowest BCUT2D eigenvalue weighted by Gasteiger charge is -2.42. The molecule has 3 aliphatic rings. The molecule has 4 heterocycles. The fraction of sp³-hybridized carbons (Fsp3) is 0.750. The molecule has 0 bridgehead atoms. The molecule has 6 nitrogen and oxygen atoms in total. The van der Waals surface area contributed by atoms with Gasteiger partial charge in [0.1, 0.15) is 5.76 Å². The maximum atomic E-state index is 5.96. The van der Waals surface area contributed by atoms with Gasteiger partial charge in [-0.05, 0) is 44.2 Å². The highest BCUT2D eigenvalue weighted by Crippen LogP contribution is 2.28. The second kappa shape index (κ2) is 10.7. The van der Waals surface area contributed by atoms with E-state index in [4.69, 9.17) is 18.9 Å². The number of furan rings is 1. The average molecular weight is 489 g/mol. The third-order valence-electron chi connectivity index (χ3n) is 5.72. The Kier molecular flexibility index (Phi) is 8.26. The molecule has 0 amide bonds. The quantitative estimate of drug-likeness (QED) is 0.392. The molecule has 4 rings (SSSR count). The van der Waals surface area contributed by atoms with E-state index in [0.29, 0.717) is 12.0 Å². The third kappa shape index (κ3) is 5.84. The number of likely N-dealkylation sites (tertiary alicyclic amines) is 1. The van der Waals surface area contributed by atoms with Crippen LogP contribution in [-0.2, 0) is 15.9 Å². The molecule has 0 saturated carbocycles. The second-order valence-electron chi connectivity index (χ2n) is 7.60. The lowest BCUT2D eigenvalue weighted by Crippen LogP contribution is -2.52. The standard InChI is InChI=1S/C20H31N3O3.HI/c1-4-16-15-23(10-8-19(16)26-13-1)20(22-14-18-6-3-12-25-18)21-9-7-17-5-2-11-24-17;/h2,5,11,16,18-19H,1,3-4,6-10,12-15H2,(H,21,22);1H. The fourth-order valence-electron chi connectivity index (χ4n) is 4.28. The van der Waals surface area contributed by atoms with Crippen LogP contribution in [0.4, 0.5) is 0 Å².